The summed E-state index contributed by atoms with van der Waals surface area (Å²) in [4.78, 5) is 18.5. The molecule has 134 valence electrons. The normalized spacial score (nSPS) is 17.0. The van der Waals surface area contributed by atoms with Crippen molar-refractivity contribution in [1.29, 1.82) is 0 Å². The Morgan fingerprint density at radius 2 is 2.00 bits per heavy atom. The van der Waals surface area contributed by atoms with Gasteiger partial charge in [0.05, 0.1) is 30.2 Å². The van der Waals surface area contributed by atoms with E-state index in [0.29, 0.717) is 18.3 Å². The number of aromatic amines is 1. The highest BCUT2D eigenvalue weighted by Gasteiger charge is 2.32. The van der Waals surface area contributed by atoms with Gasteiger partial charge >= 0.3 is 0 Å². The van der Waals surface area contributed by atoms with Gasteiger partial charge in [0, 0.05) is 43.4 Å². The number of nitrogens with zero attached hydrogens (tertiary/aromatic N) is 6. The van der Waals surface area contributed by atoms with E-state index in [9.17, 15) is 0 Å². The molecule has 1 unspecified atom stereocenters. The molecule has 5 heterocycles. The van der Waals surface area contributed by atoms with E-state index >= 15 is 0 Å². The number of hydrogen-bond acceptors (Lipinski definition) is 7. The Morgan fingerprint density at radius 1 is 1.11 bits per heavy atom. The van der Waals surface area contributed by atoms with Crippen LogP contribution in [0.2, 0.25) is 0 Å². The number of hydrogen-bond donors (Lipinski definition) is 1. The third-order valence-electron chi connectivity index (χ3n) is 4.74. The Kier molecular flexibility index (Phi) is 3.95. The molecule has 0 amide bonds. The molecule has 0 saturated heterocycles. The number of imidazole rings is 1. The van der Waals surface area contributed by atoms with E-state index in [0.717, 1.165) is 29.8 Å². The van der Waals surface area contributed by atoms with Gasteiger partial charge < -0.3 is 9.40 Å². The van der Waals surface area contributed by atoms with Gasteiger partial charge in [-0.15, -0.1) is 10.2 Å². The van der Waals surface area contributed by atoms with Gasteiger partial charge in [0.1, 0.15) is 0 Å². The van der Waals surface area contributed by atoms with Crippen molar-refractivity contribution in [3.8, 4) is 11.5 Å². The lowest BCUT2D eigenvalue weighted by Gasteiger charge is -2.33. The van der Waals surface area contributed by atoms with E-state index in [2.05, 4.69) is 41.1 Å². The maximum absolute atomic E-state index is 5.88. The summed E-state index contributed by atoms with van der Waals surface area (Å²) in [5, 5.41) is 8.40. The molecule has 0 aromatic carbocycles. The van der Waals surface area contributed by atoms with Gasteiger partial charge in [-0.25, -0.2) is 4.98 Å². The van der Waals surface area contributed by atoms with Crippen LogP contribution in [0, 0.1) is 0 Å². The molecule has 0 spiro atoms. The Morgan fingerprint density at radius 3 is 2.81 bits per heavy atom. The van der Waals surface area contributed by atoms with E-state index in [4.69, 9.17) is 4.42 Å². The minimum absolute atomic E-state index is 0.00226. The zero-order valence-electron chi connectivity index (χ0n) is 14.5. The highest BCUT2D eigenvalue weighted by molar-refractivity contribution is 5.49. The van der Waals surface area contributed by atoms with Gasteiger partial charge in [-0.1, -0.05) is 6.07 Å². The summed E-state index contributed by atoms with van der Waals surface area (Å²) in [6.07, 6.45) is 9.75. The summed E-state index contributed by atoms with van der Waals surface area (Å²) < 4.78 is 5.88. The minimum Gasteiger partial charge on any atom is -0.419 e. The van der Waals surface area contributed by atoms with Crippen molar-refractivity contribution < 1.29 is 4.42 Å². The molecule has 0 bridgehead atoms. The Bertz CT molecular complexity index is 1030. The number of pyridine rings is 2. The second-order valence-electron chi connectivity index (χ2n) is 6.42. The van der Waals surface area contributed by atoms with E-state index in [1.54, 1.807) is 24.9 Å². The van der Waals surface area contributed by atoms with Gasteiger partial charge in [-0.05, 0) is 23.8 Å². The van der Waals surface area contributed by atoms with Crippen LogP contribution in [0.15, 0.2) is 59.8 Å². The number of fused-ring (bicyclic) bond motifs is 1. The molecule has 0 aliphatic carbocycles. The average Bonchev–Trinajstić information content (AvgIpc) is 3.39. The molecule has 5 rings (SSSR count). The molecule has 1 N–H and O–H groups in total. The number of rotatable bonds is 4. The van der Waals surface area contributed by atoms with Crippen LogP contribution in [0.1, 0.15) is 28.9 Å². The van der Waals surface area contributed by atoms with E-state index in [1.165, 1.54) is 5.69 Å². The predicted octanol–water partition coefficient (Wildman–Crippen LogP) is 2.40. The summed E-state index contributed by atoms with van der Waals surface area (Å²) in [5.41, 5.74) is 4.11. The topological polar surface area (TPSA) is 96.6 Å². The molecule has 4 aromatic rings. The van der Waals surface area contributed by atoms with Crippen molar-refractivity contribution in [1.82, 2.24) is 35.0 Å². The van der Waals surface area contributed by atoms with E-state index < -0.39 is 0 Å². The second kappa shape index (κ2) is 6.73. The molecular weight excluding hydrogens is 342 g/mol. The number of aromatic nitrogens is 6. The third-order valence-corrected chi connectivity index (χ3v) is 4.74. The monoisotopic (exact) mass is 359 g/mol. The summed E-state index contributed by atoms with van der Waals surface area (Å²) >= 11 is 0. The molecule has 8 heteroatoms. The molecule has 0 fully saturated rings. The van der Waals surface area contributed by atoms with Crippen molar-refractivity contribution in [2.75, 3.05) is 6.54 Å². The summed E-state index contributed by atoms with van der Waals surface area (Å²) in [6.45, 7) is 1.40. The molecule has 8 nitrogen and oxygen atoms in total. The molecule has 1 aliphatic heterocycles. The lowest BCUT2D eigenvalue weighted by molar-refractivity contribution is 0.182. The van der Waals surface area contributed by atoms with Crippen LogP contribution >= 0.6 is 0 Å². The predicted molar refractivity (Wildman–Crippen MR) is 96.3 cm³/mol. The summed E-state index contributed by atoms with van der Waals surface area (Å²) in [7, 11) is 0. The number of H-pyrrole nitrogens is 1. The average molecular weight is 359 g/mol. The van der Waals surface area contributed by atoms with Crippen LogP contribution in [0.5, 0.6) is 0 Å². The lowest BCUT2D eigenvalue weighted by Crippen LogP contribution is -2.36. The van der Waals surface area contributed by atoms with Gasteiger partial charge in [0.25, 0.3) is 0 Å². The van der Waals surface area contributed by atoms with Crippen molar-refractivity contribution in [2.45, 2.75) is 19.0 Å². The van der Waals surface area contributed by atoms with Gasteiger partial charge in [0.15, 0.2) is 0 Å². The Balaban J connectivity index is 1.45. The fraction of sp³-hybridized carbons (Fsp3) is 0.211. The van der Waals surface area contributed by atoms with Gasteiger partial charge in [-0.3, -0.25) is 14.9 Å². The maximum Gasteiger partial charge on any atom is 0.249 e. The molecular formula is C19H17N7O. The first kappa shape index (κ1) is 15.8. The van der Waals surface area contributed by atoms with Crippen LogP contribution in [0.3, 0.4) is 0 Å². The van der Waals surface area contributed by atoms with Crippen LogP contribution in [-0.4, -0.2) is 41.6 Å². The van der Waals surface area contributed by atoms with Crippen LogP contribution < -0.4 is 0 Å². The minimum atomic E-state index is 0.00226. The third kappa shape index (κ3) is 3.00. The highest BCUT2D eigenvalue weighted by Crippen LogP contribution is 2.34. The Hall–Kier alpha value is -3.39. The zero-order valence-corrected chi connectivity index (χ0v) is 14.5. The maximum atomic E-state index is 5.88. The fourth-order valence-corrected chi connectivity index (χ4v) is 3.50. The zero-order chi connectivity index (χ0) is 18.1. The fourth-order valence-electron chi connectivity index (χ4n) is 3.50. The molecule has 0 saturated carbocycles. The summed E-state index contributed by atoms with van der Waals surface area (Å²) in [6, 6.07) is 7.77. The smallest absolute Gasteiger partial charge is 0.249 e. The summed E-state index contributed by atoms with van der Waals surface area (Å²) in [5.74, 6) is 1.05. The molecule has 1 atom stereocenters. The lowest BCUT2D eigenvalue weighted by atomic mass is 9.97. The molecule has 4 aromatic heterocycles. The van der Waals surface area contributed by atoms with Gasteiger partial charge in [0.2, 0.25) is 11.8 Å². The van der Waals surface area contributed by atoms with Crippen molar-refractivity contribution in [3.63, 3.8) is 0 Å². The van der Waals surface area contributed by atoms with Crippen LogP contribution in [0.4, 0.5) is 0 Å². The first-order valence-corrected chi connectivity index (χ1v) is 8.77. The number of nitrogens with one attached hydrogen (secondary N) is 1. The Labute approximate surface area is 155 Å². The molecule has 1 aliphatic rings. The van der Waals surface area contributed by atoms with Crippen molar-refractivity contribution in [2.24, 2.45) is 0 Å². The molecule has 27 heavy (non-hydrogen) atoms. The quantitative estimate of drug-likeness (QED) is 0.597. The first-order chi connectivity index (χ1) is 13.4. The van der Waals surface area contributed by atoms with Crippen molar-refractivity contribution in [3.05, 3.63) is 78.2 Å². The largest absolute Gasteiger partial charge is 0.419 e. The van der Waals surface area contributed by atoms with E-state index in [1.807, 2.05) is 24.4 Å². The molecule has 0 radical (unpaired) electrons. The van der Waals surface area contributed by atoms with Gasteiger partial charge in [-0.2, -0.15) is 0 Å². The van der Waals surface area contributed by atoms with E-state index in [-0.39, 0.29) is 6.04 Å². The SMILES string of the molecule is c1cncc(-c2nnc(CN3CCc4[nH]cnc4C3c3cccnc3)o2)c1. The first-order valence-electron chi connectivity index (χ1n) is 8.77. The standard InChI is InChI=1S/C19H17N7O/c1-3-13(9-20-6-1)18-17-15(22-12-23-17)5-8-26(18)11-16-24-25-19(27-16)14-4-2-7-21-10-14/h1-4,6-7,9-10,12,18H,5,8,11H2,(H,22,23). The van der Waals surface area contributed by atoms with Crippen LogP contribution in [0.25, 0.3) is 11.5 Å². The van der Waals surface area contributed by atoms with Crippen molar-refractivity contribution >= 4 is 0 Å². The second-order valence-corrected chi connectivity index (χ2v) is 6.42. The highest BCUT2D eigenvalue weighted by atomic mass is 16.4. The van der Waals surface area contributed by atoms with Crippen LogP contribution in [-0.2, 0) is 13.0 Å².